The molecule has 0 aliphatic carbocycles. The highest BCUT2D eigenvalue weighted by Crippen LogP contribution is 2.19. The molecule has 1 aromatic carbocycles. The molecule has 1 N–H and O–H groups in total. The van der Waals surface area contributed by atoms with E-state index in [1.165, 1.54) is 12.0 Å². The van der Waals surface area contributed by atoms with Crippen molar-refractivity contribution in [2.75, 3.05) is 0 Å². The molecule has 0 spiro atoms. The molecule has 2 nitrogen and oxygen atoms in total. The first-order valence-electron chi connectivity index (χ1n) is 6.49. The first kappa shape index (κ1) is 13.2. The highest BCUT2D eigenvalue weighted by atomic mass is 32.1. The van der Waals surface area contributed by atoms with Crippen LogP contribution >= 0.6 is 11.3 Å². The largest absolute Gasteiger partial charge is 0.304 e. The molecule has 0 fully saturated rings. The van der Waals surface area contributed by atoms with E-state index in [2.05, 4.69) is 59.9 Å². The smallest absolute Gasteiger partial charge is 0.0897 e. The second-order valence-corrected chi connectivity index (χ2v) is 5.55. The van der Waals surface area contributed by atoms with Gasteiger partial charge in [-0.2, -0.15) is 0 Å². The normalized spacial score (nSPS) is 12.6. The van der Waals surface area contributed by atoms with Crippen molar-refractivity contribution in [3.05, 3.63) is 52.0 Å². The number of thiazole rings is 1. The van der Waals surface area contributed by atoms with Crippen LogP contribution in [-0.4, -0.2) is 4.98 Å². The van der Waals surface area contributed by atoms with E-state index in [0.717, 1.165) is 23.7 Å². The number of aryl methyl sites for hydroxylation is 1. The van der Waals surface area contributed by atoms with Gasteiger partial charge >= 0.3 is 0 Å². The van der Waals surface area contributed by atoms with E-state index in [9.17, 15) is 0 Å². The number of aromatic nitrogens is 1. The third-order valence-electron chi connectivity index (χ3n) is 2.98. The van der Waals surface area contributed by atoms with Crippen LogP contribution in [0.3, 0.4) is 0 Å². The zero-order valence-electron chi connectivity index (χ0n) is 11.0. The summed E-state index contributed by atoms with van der Waals surface area (Å²) in [6.07, 6.45) is 2.34. The first-order valence-corrected chi connectivity index (χ1v) is 7.37. The molecule has 18 heavy (non-hydrogen) atoms. The molecule has 0 saturated heterocycles. The summed E-state index contributed by atoms with van der Waals surface area (Å²) in [6, 6.07) is 11.1. The molecule has 0 saturated carbocycles. The van der Waals surface area contributed by atoms with Gasteiger partial charge in [0.15, 0.2) is 0 Å². The Morgan fingerprint density at radius 3 is 2.67 bits per heavy atom. The van der Waals surface area contributed by atoms with Crippen LogP contribution < -0.4 is 5.32 Å². The van der Waals surface area contributed by atoms with Crippen LogP contribution in [0.2, 0.25) is 0 Å². The van der Waals surface area contributed by atoms with Gasteiger partial charge in [0.05, 0.1) is 10.7 Å². The van der Waals surface area contributed by atoms with Crippen LogP contribution in [0.5, 0.6) is 0 Å². The molecule has 0 radical (unpaired) electrons. The summed E-state index contributed by atoms with van der Waals surface area (Å²) in [5, 5.41) is 6.88. The lowest BCUT2D eigenvalue weighted by Gasteiger charge is -2.18. The van der Waals surface area contributed by atoms with E-state index in [0.29, 0.717) is 6.04 Å². The van der Waals surface area contributed by atoms with E-state index in [-0.39, 0.29) is 0 Å². The van der Waals surface area contributed by atoms with Crippen molar-refractivity contribution >= 4 is 11.3 Å². The number of rotatable bonds is 6. The molecule has 1 aromatic heterocycles. The quantitative estimate of drug-likeness (QED) is 0.846. The van der Waals surface area contributed by atoms with Crippen molar-refractivity contribution in [3.63, 3.8) is 0 Å². The SMILES string of the molecule is CCCC(NCc1csc(C)n1)c1ccccc1. The molecule has 2 aromatic rings. The molecular weight excluding hydrogens is 240 g/mol. The lowest BCUT2D eigenvalue weighted by molar-refractivity contribution is 0.490. The number of nitrogens with zero attached hydrogens (tertiary/aromatic N) is 1. The Labute approximate surface area is 113 Å². The lowest BCUT2D eigenvalue weighted by Crippen LogP contribution is -2.21. The summed E-state index contributed by atoms with van der Waals surface area (Å²) in [5.74, 6) is 0. The summed E-state index contributed by atoms with van der Waals surface area (Å²) >= 11 is 1.71. The monoisotopic (exact) mass is 260 g/mol. The Balaban J connectivity index is 1.98. The van der Waals surface area contributed by atoms with Crippen molar-refractivity contribution in [1.29, 1.82) is 0 Å². The number of benzene rings is 1. The fraction of sp³-hybridized carbons (Fsp3) is 0.400. The Hall–Kier alpha value is -1.19. The molecule has 0 bridgehead atoms. The van der Waals surface area contributed by atoms with Crippen molar-refractivity contribution < 1.29 is 0 Å². The van der Waals surface area contributed by atoms with Gasteiger partial charge in [-0.1, -0.05) is 43.7 Å². The van der Waals surface area contributed by atoms with Gasteiger partial charge < -0.3 is 5.32 Å². The lowest BCUT2D eigenvalue weighted by atomic mass is 10.0. The predicted molar refractivity (Wildman–Crippen MR) is 77.8 cm³/mol. The van der Waals surface area contributed by atoms with E-state index in [1.54, 1.807) is 11.3 Å². The van der Waals surface area contributed by atoms with Crippen molar-refractivity contribution in [3.8, 4) is 0 Å². The summed E-state index contributed by atoms with van der Waals surface area (Å²) in [6.45, 7) is 5.13. The molecule has 0 amide bonds. The third kappa shape index (κ3) is 3.65. The van der Waals surface area contributed by atoms with Gasteiger partial charge in [0.2, 0.25) is 0 Å². The highest BCUT2D eigenvalue weighted by Gasteiger charge is 2.10. The number of hydrogen-bond donors (Lipinski definition) is 1. The molecule has 0 aliphatic heterocycles. The van der Waals surface area contributed by atoms with Crippen molar-refractivity contribution in [2.24, 2.45) is 0 Å². The minimum atomic E-state index is 0.429. The summed E-state index contributed by atoms with van der Waals surface area (Å²) in [4.78, 5) is 4.49. The average molecular weight is 260 g/mol. The summed E-state index contributed by atoms with van der Waals surface area (Å²) in [5.41, 5.74) is 2.51. The van der Waals surface area contributed by atoms with E-state index < -0.39 is 0 Å². The highest BCUT2D eigenvalue weighted by molar-refractivity contribution is 7.09. The second-order valence-electron chi connectivity index (χ2n) is 4.49. The van der Waals surface area contributed by atoms with Crippen LogP contribution in [0.15, 0.2) is 35.7 Å². The summed E-state index contributed by atoms with van der Waals surface area (Å²) in [7, 11) is 0. The third-order valence-corrected chi connectivity index (χ3v) is 3.80. The van der Waals surface area contributed by atoms with Gasteiger partial charge in [-0.05, 0) is 18.9 Å². The maximum Gasteiger partial charge on any atom is 0.0897 e. The molecule has 0 aliphatic rings. The first-order chi connectivity index (χ1) is 8.79. The Morgan fingerprint density at radius 2 is 2.06 bits per heavy atom. The average Bonchev–Trinajstić information content (AvgIpc) is 2.81. The van der Waals surface area contributed by atoms with Gasteiger partial charge in [0.25, 0.3) is 0 Å². The van der Waals surface area contributed by atoms with Crippen LogP contribution in [-0.2, 0) is 6.54 Å². The summed E-state index contributed by atoms with van der Waals surface area (Å²) < 4.78 is 0. The second kappa shape index (κ2) is 6.66. The van der Waals surface area contributed by atoms with Crippen LogP contribution in [0, 0.1) is 6.92 Å². The van der Waals surface area contributed by atoms with Crippen LogP contribution in [0.25, 0.3) is 0 Å². The Kier molecular flexibility index (Phi) is 4.90. The minimum absolute atomic E-state index is 0.429. The van der Waals surface area contributed by atoms with Gasteiger partial charge in [-0.15, -0.1) is 11.3 Å². The number of hydrogen-bond acceptors (Lipinski definition) is 3. The van der Waals surface area contributed by atoms with Gasteiger partial charge in [0.1, 0.15) is 0 Å². The zero-order valence-corrected chi connectivity index (χ0v) is 11.8. The number of nitrogens with one attached hydrogen (secondary N) is 1. The molecule has 96 valence electrons. The van der Waals surface area contributed by atoms with Crippen molar-refractivity contribution in [2.45, 2.75) is 39.3 Å². The molecule has 1 atom stereocenters. The molecular formula is C15H20N2S. The zero-order chi connectivity index (χ0) is 12.8. The minimum Gasteiger partial charge on any atom is -0.304 e. The van der Waals surface area contributed by atoms with Crippen molar-refractivity contribution in [1.82, 2.24) is 10.3 Å². The molecule has 1 heterocycles. The maximum atomic E-state index is 4.49. The predicted octanol–water partition coefficient (Wildman–Crippen LogP) is 4.08. The van der Waals surface area contributed by atoms with E-state index >= 15 is 0 Å². The van der Waals surface area contributed by atoms with Crippen LogP contribution in [0.1, 0.15) is 42.1 Å². The van der Waals surface area contributed by atoms with Gasteiger partial charge in [0, 0.05) is 18.0 Å². The fourth-order valence-electron chi connectivity index (χ4n) is 2.08. The molecule has 1 unspecified atom stereocenters. The standard InChI is InChI=1S/C15H20N2S/c1-3-7-15(13-8-5-4-6-9-13)16-10-14-11-18-12(2)17-14/h4-6,8-9,11,15-16H,3,7,10H2,1-2H3. The Bertz CT molecular complexity index is 464. The molecule has 2 rings (SSSR count). The van der Waals surface area contributed by atoms with E-state index in [4.69, 9.17) is 0 Å². The maximum absolute atomic E-state index is 4.49. The van der Waals surface area contributed by atoms with Gasteiger partial charge in [-0.3, -0.25) is 0 Å². The Morgan fingerprint density at radius 1 is 1.28 bits per heavy atom. The van der Waals surface area contributed by atoms with E-state index in [1.807, 2.05) is 0 Å². The topological polar surface area (TPSA) is 24.9 Å². The van der Waals surface area contributed by atoms with Gasteiger partial charge in [-0.25, -0.2) is 4.98 Å². The molecule has 3 heteroatoms. The van der Waals surface area contributed by atoms with Crippen LogP contribution in [0.4, 0.5) is 0 Å². The fourth-order valence-corrected chi connectivity index (χ4v) is 2.69.